The van der Waals surface area contributed by atoms with Gasteiger partial charge in [-0.05, 0) is 19.4 Å². The summed E-state index contributed by atoms with van der Waals surface area (Å²) in [6, 6.07) is 15.8. The highest BCUT2D eigenvalue weighted by Crippen LogP contribution is 2.30. The average molecular weight is 320 g/mol. The maximum atomic E-state index is 11.9. The van der Waals surface area contributed by atoms with E-state index in [1.165, 1.54) is 0 Å². The van der Waals surface area contributed by atoms with Crippen LogP contribution in [0.3, 0.4) is 0 Å². The Morgan fingerprint density at radius 2 is 1.96 bits per heavy atom. The molecule has 1 N–H and O–H groups in total. The number of aromatic nitrogens is 2. The van der Waals surface area contributed by atoms with Gasteiger partial charge in [0.2, 0.25) is 0 Å². The lowest BCUT2D eigenvalue weighted by Gasteiger charge is -2.17. The summed E-state index contributed by atoms with van der Waals surface area (Å²) in [5, 5.41) is 0. The molecular weight excluding hydrogens is 300 g/mol. The van der Waals surface area contributed by atoms with Gasteiger partial charge in [0.15, 0.2) is 0 Å². The first-order valence-corrected chi connectivity index (χ1v) is 8.00. The predicted molar refractivity (Wildman–Crippen MR) is 95.5 cm³/mol. The van der Waals surface area contributed by atoms with E-state index in [-0.39, 0.29) is 12.1 Å². The van der Waals surface area contributed by atoms with Crippen LogP contribution < -0.4 is 0 Å². The number of fused-ring (bicyclic) bond motifs is 1. The number of nitrogens with one attached hydrogen (secondary N) is 1. The molecule has 0 saturated carbocycles. The van der Waals surface area contributed by atoms with E-state index in [4.69, 9.17) is 9.72 Å². The number of ether oxygens (including phenoxy) is 1. The molecule has 0 radical (unpaired) electrons. The Bertz CT molecular complexity index is 881. The molecule has 0 amide bonds. The summed E-state index contributed by atoms with van der Waals surface area (Å²) in [4.78, 5) is 20.0. The first-order chi connectivity index (χ1) is 11.6. The van der Waals surface area contributed by atoms with Crippen LogP contribution in [-0.2, 0) is 9.53 Å². The number of hydrogen-bond acceptors (Lipinski definition) is 3. The molecule has 24 heavy (non-hydrogen) atoms. The number of nitrogens with zero attached hydrogens (tertiary/aromatic N) is 1. The molecule has 1 atom stereocenters. The highest BCUT2D eigenvalue weighted by atomic mass is 16.5. The summed E-state index contributed by atoms with van der Waals surface area (Å²) in [5.41, 5.74) is 4.08. The third-order valence-corrected chi connectivity index (χ3v) is 3.91. The van der Waals surface area contributed by atoms with E-state index in [0.717, 1.165) is 28.0 Å². The molecular formula is C20H20N2O2. The predicted octanol–water partition coefficient (Wildman–Crippen LogP) is 4.80. The van der Waals surface area contributed by atoms with Crippen LogP contribution in [0, 0.1) is 0 Å². The molecule has 4 heteroatoms. The van der Waals surface area contributed by atoms with E-state index >= 15 is 0 Å². The fourth-order valence-corrected chi connectivity index (χ4v) is 2.64. The number of esters is 1. The van der Waals surface area contributed by atoms with E-state index in [1.807, 2.05) is 55.5 Å². The van der Waals surface area contributed by atoms with Crippen LogP contribution in [0.25, 0.3) is 22.4 Å². The van der Waals surface area contributed by atoms with Crippen LogP contribution in [0.2, 0.25) is 0 Å². The van der Waals surface area contributed by atoms with E-state index in [2.05, 4.69) is 11.6 Å². The minimum atomic E-state index is -0.377. The molecule has 1 heterocycles. The van der Waals surface area contributed by atoms with E-state index in [1.54, 1.807) is 6.92 Å². The van der Waals surface area contributed by atoms with Crippen molar-refractivity contribution in [1.82, 2.24) is 9.97 Å². The second-order valence-electron chi connectivity index (χ2n) is 5.78. The molecule has 3 rings (SSSR count). The molecule has 1 aromatic heterocycles. The number of carbonyl (C=O) groups is 1. The van der Waals surface area contributed by atoms with Gasteiger partial charge in [-0.15, -0.1) is 0 Å². The Morgan fingerprint density at radius 1 is 1.21 bits per heavy atom. The van der Waals surface area contributed by atoms with E-state index in [9.17, 15) is 4.79 Å². The lowest BCUT2D eigenvalue weighted by Crippen LogP contribution is -2.11. The van der Waals surface area contributed by atoms with Gasteiger partial charge in [0.1, 0.15) is 11.9 Å². The normalized spacial score (nSPS) is 12.1. The van der Waals surface area contributed by atoms with Crippen molar-refractivity contribution >= 4 is 17.0 Å². The average Bonchev–Trinajstić information content (AvgIpc) is 3.04. The topological polar surface area (TPSA) is 55.0 Å². The Kier molecular flexibility index (Phi) is 4.47. The van der Waals surface area contributed by atoms with E-state index < -0.39 is 0 Å². The van der Waals surface area contributed by atoms with Crippen molar-refractivity contribution in [3.8, 4) is 11.4 Å². The highest BCUT2D eigenvalue weighted by Gasteiger charge is 2.19. The van der Waals surface area contributed by atoms with Gasteiger partial charge in [-0.1, -0.05) is 56.0 Å². The maximum absolute atomic E-state index is 11.9. The zero-order chi connectivity index (χ0) is 17.1. The molecule has 122 valence electrons. The molecule has 3 aromatic rings. The van der Waals surface area contributed by atoms with Crippen molar-refractivity contribution in [2.24, 2.45) is 0 Å². The van der Waals surface area contributed by atoms with Crippen LogP contribution in [-0.4, -0.2) is 15.9 Å². The number of rotatable bonds is 5. The molecule has 0 saturated heterocycles. The van der Waals surface area contributed by atoms with Gasteiger partial charge >= 0.3 is 5.97 Å². The summed E-state index contributed by atoms with van der Waals surface area (Å²) in [6.07, 6.45) is 0.330. The van der Waals surface area contributed by atoms with Crippen molar-refractivity contribution in [3.63, 3.8) is 0 Å². The Balaban J connectivity index is 2.03. The number of benzene rings is 2. The quantitative estimate of drug-likeness (QED) is 0.542. The Labute approximate surface area is 141 Å². The molecule has 2 aromatic carbocycles. The number of para-hydroxylation sites is 1. The van der Waals surface area contributed by atoms with Gasteiger partial charge in [0.05, 0.1) is 11.0 Å². The lowest BCUT2D eigenvalue weighted by molar-refractivity contribution is -0.144. The highest BCUT2D eigenvalue weighted by molar-refractivity contribution is 5.88. The van der Waals surface area contributed by atoms with Crippen LogP contribution >= 0.6 is 0 Å². The smallest absolute Gasteiger partial charge is 0.333 e. The second-order valence-corrected chi connectivity index (χ2v) is 5.78. The maximum Gasteiger partial charge on any atom is 0.333 e. The molecule has 0 aliphatic rings. The van der Waals surface area contributed by atoms with Crippen LogP contribution in [0.15, 0.2) is 60.7 Å². The monoisotopic (exact) mass is 320 g/mol. The molecule has 4 nitrogen and oxygen atoms in total. The molecule has 1 unspecified atom stereocenters. The minimum Gasteiger partial charge on any atom is -0.454 e. The fraction of sp³-hybridized carbons (Fsp3) is 0.200. The molecule has 0 fully saturated rings. The molecule has 0 aliphatic carbocycles. The van der Waals surface area contributed by atoms with Gasteiger partial charge < -0.3 is 9.72 Å². The van der Waals surface area contributed by atoms with Crippen LogP contribution in [0.4, 0.5) is 0 Å². The number of H-pyrrole nitrogens is 1. The summed E-state index contributed by atoms with van der Waals surface area (Å²) in [6.45, 7) is 7.28. The first kappa shape index (κ1) is 16.0. The second kappa shape index (κ2) is 6.71. The van der Waals surface area contributed by atoms with Gasteiger partial charge in [0, 0.05) is 16.7 Å². The Hall–Kier alpha value is -2.88. The van der Waals surface area contributed by atoms with Gasteiger partial charge in [0.25, 0.3) is 0 Å². The van der Waals surface area contributed by atoms with Gasteiger partial charge in [-0.2, -0.15) is 0 Å². The summed E-state index contributed by atoms with van der Waals surface area (Å²) in [7, 11) is 0. The molecule has 0 bridgehead atoms. The first-order valence-electron chi connectivity index (χ1n) is 8.00. The number of aromatic amines is 1. The number of hydrogen-bond donors (Lipinski definition) is 1. The molecule has 0 spiro atoms. The van der Waals surface area contributed by atoms with Crippen LogP contribution in [0.5, 0.6) is 0 Å². The summed E-state index contributed by atoms with van der Waals surface area (Å²) in [5.74, 6) is 0.428. The summed E-state index contributed by atoms with van der Waals surface area (Å²) >= 11 is 0. The third kappa shape index (κ3) is 3.08. The van der Waals surface area contributed by atoms with E-state index in [0.29, 0.717) is 12.0 Å². The zero-order valence-electron chi connectivity index (χ0n) is 13.9. The van der Waals surface area contributed by atoms with Crippen molar-refractivity contribution < 1.29 is 9.53 Å². The van der Waals surface area contributed by atoms with Gasteiger partial charge in [-0.25, -0.2) is 9.78 Å². The fourth-order valence-electron chi connectivity index (χ4n) is 2.64. The molecule has 0 aliphatic heterocycles. The largest absolute Gasteiger partial charge is 0.454 e. The number of carbonyl (C=O) groups excluding carboxylic acids is 1. The number of imidazole rings is 1. The minimum absolute atomic E-state index is 0.343. The standard InChI is InChI=1S/C20H20N2O2/c1-4-17(24-20(23)13(2)3)15-11-8-12-16-18(15)22-19(21-16)14-9-6-5-7-10-14/h5-12,17H,2,4H2,1,3H3,(H,21,22). The van der Waals surface area contributed by atoms with Crippen molar-refractivity contribution in [2.45, 2.75) is 26.4 Å². The third-order valence-electron chi connectivity index (χ3n) is 3.91. The SMILES string of the molecule is C=C(C)C(=O)OC(CC)c1cccc2[nH]c(-c3ccccc3)nc12. The van der Waals surface area contributed by atoms with Crippen molar-refractivity contribution in [1.29, 1.82) is 0 Å². The zero-order valence-corrected chi connectivity index (χ0v) is 13.9. The Morgan fingerprint density at radius 3 is 2.62 bits per heavy atom. The van der Waals surface area contributed by atoms with Crippen molar-refractivity contribution in [2.75, 3.05) is 0 Å². The van der Waals surface area contributed by atoms with Crippen molar-refractivity contribution in [3.05, 3.63) is 66.2 Å². The lowest BCUT2D eigenvalue weighted by atomic mass is 10.1. The van der Waals surface area contributed by atoms with Gasteiger partial charge in [-0.3, -0.25) is 0 Å². The summed E-state index contributed by atoms with van der Waals surface area (Å²) < 4.78 is 5.58. The van der Waals surface area contributed by atoms with Crippen LogP contribution in [0.1, 0.15) is 31.9 Å².